The molecular weight excluding hydrogens is 192 g/mol. The third-order valence-corrected chi connectivity index (χ3v) is 4.82. The second-order valence-corrected chi connectivity index (χ2v) is 6.11. The average Bonchev–Trinajstić information content (AvgIpc) is 1.82. The van der Waals surface area contributed by atoms with Crippen LogP contribution in [0.1, 0.15) is 27.7 Å². The van der Waals surface area contributed by atoms with E-state index in [0.29, 0.717) is 0 Å². The zero-order valence-electron chi connectivity index (χ0n) is 8.16. The van der Waals surface area contributed by atoms with E-state index in [4.69, 9.17) is 4.55 Å². The molecule has 1 saturated carbocycles. The van der Waals surface area contributed by atoms with Crippen molar-refractivity contribution in [3.63, 3.8) is 0 Å². The third kappa shape index (κ3) is 1.14. The monoisotopic (exact) mass is 206 g/mol. The smallest absolute Gasteiger partial charge is 0.275 e. The summed E-state index contributed by atoms with van der Waals surface area (Å²) in [5.74, 6) is -0.403. The first-order chi connectivity index (χ1) is 5.53. The summed E-state index contributed by atoms with van der Waals surface area (Å²) in [7, 11) is -4.24. The summed E-state index contributed by atoms with van der Waals surface area (Å²) < 4.78 is 30.6. The molecule has 0 aromatic carbocycles. The molecule has 1 unspecified atom stereocenters. The van der Waals surface area contributed by atoms with Crippen LogP contribution in [0.3, 0.4) is 0 Å². The molecule has 0 spiro atoms. The SMILES string of the molecule is CC1(C)C(=O)C(S(=O)(=O)O)C1(C)C. The molecule has 1 rings (SSSR count). The standard InChI is InChI=1S/C8H14O4S/c1-7(2)5(9)6(8(7,3)4)13(10,11)12/h6H,1-4H3,(H,10,11,12). The summed E-state index contributed by atoms with van der Waals surface area (Å²) in [4.78, 5) is 11.4. The van der Waals surface area contributed by atoms with Crippen LogP contribution in [0.15, 0.2) is 0 Å². The molecule has 76 valence electrons. The summed E-state index contributed by atoms with van der Waals surface area (Å²) in [5.41, 5.74) is -1.37. The van der Waals surface area contributed by atoms with E-state index in [-0.39, 0.29) is 0 Å². The lowest BCUT2D eigenvalue weighted by Gasteiger charge is -2.54. The largest absolute Gasteiger partial charge is 0.297 e. The Kier molecular flexibility index (Phi) is 1.91. The van der Waals surface area contributed by atoms with Gasteiger partial charge >= 0.3 is 0 Å². The molecule has 1 fully saturated rings. The van der Waals surface area contributed by atoms with Crippen molar-refractivity contribution in [1.29, 1.82) is 0 Å². The minimum absolute atomic E-state index is 0.403. The Morgan fingerprint density at radius 3 is 1.77 bits per heavy atom. The minimum Gasteiger partial charge on any atom is -0.297 e. The maximum atomic E-state index is 11.4. The lowest BCUT2D eigenvalue weighted by molar-refractivity contribution is -0.150. The number of Topliss-reactive ketones (excluding diaryl/α,β-unsaturated/α-hetero) is 1. The highest BCUT2D eigenvalue weighted by atomic mass is 32.2. The number of rotatable bonds is 1. The van der Waals surface area contributed by atoms with E-state index in [1.807, 2.05) is 0 Å². The first-order valence-corrected chi connectivity index (χ1v) is 5.54. The van der Waals surface area contributed by atoms with Crippen LogP contribution in [0, 0.1) is 10.8 Å². The molecule has 0 aromatic heterocycles. The van der Waals surface area contributed by atoms with Crippen LogP contribution in [0.4, 0.5) is 0 Å². The molecule has 0 aliphatic heterocycles. The van der Waals surface area contributed by atoms with Crippen molar-refractivity contribution in [2.24, 2.45) is 10.8 Å². The van der Waals surface area contributed by atoms with Crippen molar-refractivity contribution in [3.8, 4) is 0 Å². The van der Waals surface area contributed by atoms with Gasteiger partial charge in [0.15, 0.2) is 11.0 Å². The van der Waals surface area contributed by atoms with Gasteiger partial charge in [0.2, 0.25) is 0 Å². The first kappa shape index (κ1) is 10.7. The molecule has 5 heteroatoms. The zero-order valence-corrected chi connectivity index (χ0v) is 8.97. The summed E-state index contributed by atoms with van der Waals surface area (Å²) in [6.45, 7) is 6.73. The summed E-state index contributed by atoms with van der Waals surface area (Å²) in [6.07, 6.45) is 0. The first-order valence-electron chi connectivity index (χ1n) is 4.03. The van der Waals surface area contributed by atoms with Gasteiger partial charge in [0, 0.05) is 10.8 Å². The molecule has 4 nitrogen and oxygen atoms in total. The second-order valence-electron chi connectivity index (χ2n) is 4.61. The van der Waals surface area contributed by atoms with Crippen molar-refractivity contribution < 1.29 is 17.8 Å². The molecule has 0 aromatic rings. The van der Waals surface area contributed by atoms with E-state index >= 15 is 0 Å². The topological polar surface area (TPSA) is 71.4 Å². The van der Waals surface area contributed by atoms with Gasteiger partial charge in [0.1, 0.15) is 0 Å². The predicted octanol–water partition coefficient (Wildman–Crippen LogP) is 0.878. The number of ketones is 1. The molecule has 0 saturated heterocycles. The van der Waals surface area contributed by atoms with E-state index in [9.17, 15) is 13.2 Å². The van der Waals surface area contributed by atoms with Crippen LogP contribution in [0.25, 0.3) is 0 Å². The molecule has 1 aliphatic carbocycles. The fourth-order valence-electron chi connectivity index (χ4n) is 1.73. The van der Waals surface area contributed by atoms with Gasteiger partial charge in [-0.15, -0.1) is 0 Å². The molecule has 1 atom stereocenters. The molecule has 0 radical (unpaired) electrons. The van der Waals surface area contributed by atoms with Gasteiger partial charge in [-0.05, 0) is 0 Å². The maximum Gasteiger partial charge on any atom is 0.275 e. The van der Waals surface area contributed by atoms with E-state index in [0.717, 1.165) is 0 Å². The van der Waals surface area contributed by atoms with E-state index in [1.165, 1.54) is 0 Å². The fourth-order valence-corrected chi connectivity index (χ4v) is 3.34. The number of hydrogen-bond donors (Lipinski definition) is 1. The van der Waals surface area contributed by atoms with Crippen LogP contribution < -0.4 is 0 Å². The molecule has 13 heavy (non-hydrogen) atoms. The Labute approximate surface area is 78.1 Å². The predicted molar refractivity (Wildman–Crippen MR) is 47.9 cm³/mol. The van der Waals surface area contributed by atoms with Crippen molar-refractivity contribution in [2.75, 3.05) is 0 Å². The van der Waals surface area contributed by atoms with E-state index < -0.39 is 32.0 Å². The second kappa shape index (κ2) is 2.33. The molecule has 0 bridgehead atoms. The molecule has 0 heterocycles. The van der Waals surface area contributed by atoms with Crippen molar-refractivity contribution in [1.82, 2.24) is 0 Å². The highest BCUT2D eigenvalue weighted by Crippen LogP contribution is 2.55. The van der Waals surface area contributed by atoms with Crippen molar-refractivity contribution >= 4 is 15.9 Å². The Bertz CT molecular complexity index is 350. The van der Waals surface area contributed by atoms with Gasteiger partial charge in [-0.3, -0.25) is 9.35 Å². The Hall–Kier alpha value is -0.420. The fraction of sp³-hybridized carbons (Fsp3) is 0.875. The average molecular weight is 206 g/mol. The summed E-state index contributed by atoms with van der Waals surface area (Å²) in [5, 5.41) is -1.25. The van der Waals surface area contributed by atoms with Gasteiger partial charge in [0.05, 0.1) is 0 Å². The molecule has 1 aliphatic rings. The maximum absolute atomic E-state index is 11.4. The Morgan fingerprint density at radius 2 is 1.62 bits per heavy atom. The van der Waals surface area contributed by atoms with Gasteiger partial charge < -0.3 is 0 Å². The highest BCUT2D eigenvalue weighted by molar-refractivity contribution is 7.87. The quantitative estimate of drug-likeness (QED) is 0.646. The van der Waals surface area contributed by atoms with Crippen molar-refractivity contribution in [3.05, 3.63) is 0 Å². The number of hydrogen-bond acceptors (Lipinski definition) is 3. The summed E-state index contributed by atoms with van der Waals surface area (Å²) in [6, 6.07) is 0. The molecule has 1 N–H and O–H groups in total. The summed E-state index contributed by atoms with van der Waals surface area (Å²) >= 11 is 0. The van der Waals surface area contributed by atoms with Crippen LogP contribution in [-0.2, 0) is 14.9 Å². The van der Waals surface area contributed by atoms with Crippen LogP contribution >= 0.6 is 0 Å². The van der Waals surface area contributed by atoms with Crippen molar-refractivity contribution in [2.45, 2.75) is 32.9 Å². The van der Waals surface area contributed by atoms with Gasteiger partial charge in [0.25, 0.3) is 10.1 Å². The van der Waals surface area contributed by atoms with Gasteiger partial charge in [-0.1, -0.05) is 27.7 Å². The Balaban J connectivity index is 3.17. The van der Waals surface area contributed by atoms with Crippen LogP contribution in [-0.4, -0.2) is 24.0 Å². The lowest BCUT2D eigenvalue weighted by atomic mass is 9.52. The zero-order chi connectivity index (χ0) is 10.7. The number of carbonyl (C=O) groups excluding carboxylic acids is 1. The Morgan fingerprint density at radius 1 is 1.23 bits per heavy atom. The molecular formula is C8H14O4S. The lowest BCUT2D eigenvalue weighted by Crippen LogP contribution is -2.67. The van der Waals surface area contributed by atoms with Crippen LogP contribution in [0.5, 0.6) is 0 Å². The third-order valence-electron chi connectivity index (χ3n) is 3.42. The van der Waals surface area contributed by atoms with E-state index in [2.05, 4.69) is 0 Å². The normalized spacial score (nSPS) is 31.2. The number of carbonyl (C=O) groups is 1. The van der Waals surface area contributed by atoms with Gasteiger partial charge in [-0.25, -0.2) is 0 Å². The highest BCUT2D eigenvalue weighted by Gasteiger charge is 2.66. The van der Waals surface area contributed by atoms with E-state index in [1.54, 1.807) is 27.7 Å². The minimum atomic E-state index is -4.24. The molecule has 0 amide bonds. The van der Waals surface area contributed by atoms with Crippen LogP contribution in [0.2, 0.25) is 0 Å². The van der Waals surface area contributed by atoms with Gasteiger partial charge in [-0.2, -0.15) is 8.42 Å².